The van der Waals surface area contributed by atoms with E-state index in [0.29, 0.717) is 21.8 Å². The Balaban J connectivity index is 2.16. The van der Waals surface area contributed by atoms with E-state index < -0.39 is 0 Å². The van der Waals surface area contributed by atoms with Gasteiger partial charge < -0.3 is 16.4 Å². The maximum Gasteiger partial charge on any atom is 0.257 e. The van der Waals surface area contributed by atoms with Crippen LogP contribution < -0.4 is 16.4 Å². The smallest absolute Gasteiger partial charge is 0.257 e. The van der Waals surface area contributed by atoms with Crippen LogP contribution in [0.25, 0.3) is 0 Å². The SMILES string of the molecule is CNC(=O)c1ccc(NC(=O)c2cccc(Cl)c2N)cc1. The van der Waals surface area contributed by atoms with Gasteiger partial charge in [0.25, 0.3) is 11.8 Å². The summed E-state index contributed by atoms with van der Waals surface area (Å²) in [6.07, 6.45) is 0. The largest absolute Gasteiger partial charge is 0.397 e. The average molecular weight is 304 g/mol. The van der Waals surface area contributed by atoms with Crippen molar-refractivity contribution in [2.24, 2.45) is 0 Å². The molecule has 0 atom stereocenters. The van der Waals surface area contributed by atoms with Gasteiger partial charge >= 0.3 is 0 Å². The van der Waals surface area contributed by atoms with Gasteiger partial charge in [0.05, 0.1) is 16.3 Å². The summed E-state index contributed by atoms with van der Waals surface area (Å²) >= 11 is 5.88. The van der Waals surface area contributed by atoms with Gasteiger partial charge in [0.2, 0.25) is 0 Å². The van der Waals surface area contributed by atoms with E-state index in [-0.39, 0.29) is 17.5 Å². The first-order valence-electron chi connectivity index (χ1n) is 6.20. The third-order valence-electron chi connectivity index (χ3n) is 2.93. The Morgan fingerprint density at radius 2 is 1.71 bits per heavy atom. The Hall–Kier alpha value is -2.53. The van der Waals surface area contributed by atoms with Gasteiger partial charge in [0, 0.05) is 18.3 Å². The summed E-state index contributed by atoms with van der Waals surface area (Å²) in [4.78, 5) is 23.6. The first-order valence-corrected chi connectivity index (χ1v) is 6.58. The van der Waals surface area contributed by atoms with Crippen molar-refractivity contribution in [1.29, 1.82) is 0 Å². The quantitative estimate of drug-likeness (QED) is 0.762. The van der Waals surface area contributed by atoms with Crippen molar-refractivity contribution in [2.45, 2.75) is 0 Å². The second-order valence-electron chi connectivity index (χ2n) is 4.31. The molecule has 0 aromatic heterocycles. The fourth-order valence-electron chi connectivity index (χ4n) is 1.78. The predicted octanol–water partition coefficient (Wildman–Crippen LogP) is 2.53. The lowest BCUT2D eigenvalue weighted by atomic mass is 10.1. The van der Waals surface area contributed by atoms with Gasteiger partial charge in [-0.1, -0.05) is 17.7 Å². The molecule has 6 heteroatoms. The number of nitrogens with one attached hydrogen (secondary N) is 2. The zero-order chi connectivity index (χ0) is 15.4. The second kappa shape index (κ2) is 6.28. The summed E-state index contributed by atoms with van der Waals surface area (Å²) < 4.78 is 0. The molecule has 0 unspecified atom stereocenters. The summed E-state index contributed by atoms with van der Waals surface area (Å²) in [5.41, 5.74) is 7.39. The molecule has 0 aliphatic carbocycles. The number of carbonyl (C=O) groups is 2. The van der Waals surface area contributed by atoms with Gasteiger partial charge in [-0.2, -0.15) is 0 Å². The molecule has 2 aromatic rings. The van der Waals surface area contributed by atoms with Gasteiger partial charge in [-0.15, -0.1) is 0 Å². The van der Waals surface area contributed by atoms with Crippen LogP contribution in [0.5, 0.6) is 0 Å². The first kappa shape index (κ1) is 14.9. The van der Waals surface area contributed by atoms with E-state index in [1.807, 2.05) is 0 Å². The van der Waals surface area contributed by atoms with Crippen LogP contribution in [0.2, 0.25) is 5.02 Å². The molecule has 108 valence electrons. The van der Waals surface area contributed by atoms with E-state index in [1.54, 1.807) is 49.5 Å². The molecule has 0 spiro atoms. The molecule has 0 saturated heterocycles. The maximum absolute atomic E-state index is 12.1. The standard InChI is InChI=1S/C15H14ClN3O2/c1-18-14(20)9-5-7-10(8-6-9)19-15(21)11-3-2-4-12(16)13(11)17/h2-8H,17H2,1H3,(H,18,20)(H,19,21). The van der Waals surface area contributed by atoms with Crippen molar-refractivity contribution >= 4 is 34.8 Å². The lowest BCUT2D eigenvalue weighted by Crippen LogP contribution is -2.18. The van der Waals surface area contributed by atoms with E-state index >= 15 is 0 Å². The Morgan fingerprint density at radius 1 is 1.05 bits per heavy atom. The number of anilines is 2. The molecule has 2 rings (SSSR count). The van der Waals surface area contributed by atoms with Crippen LogP contribution in [0.4, 0.5) is 11.4 Å². The molecule has 0 saturated carbocycles. The Labute approximate surface area is 127 Å². The molecule has 0 aliphatic heterocycles. The lowest BCUT2D eigenvalue weighted by molar-refractivity contribution is 0.0962. The molecular formula is C15H14ClN3O2. The second-order valence-corrected chi connectivity index (χ2v) is 4.72. The zero-order valence-electron chi connectivity index (χ0n) is 11.3. The zero-order valence-corrected chi connectivity index (χ0v) is 12.1. The lowest BCUT2D eigenvalue weighted by Gasteiger charge is -2.09. The Morgan fingerprint density at radius 3 is 2.33 bits per heavy atom. The van der Waals surface area contributed by atoms with Crippen LogP contribution in [0.3, 0.4) is 0 Å². The van der Waals surface area contributed by atoms with Crippen LogP contribution in [0.1, 0.15) is 20.7 Å². The van der Waals surface area contributed by atoms with Crippen LogP contribution in [-0.2, 0) is 0 Å². The van der Waals surface area contributed by atoms with Crippen molar-refractivity contribution in [3.63, 3.8) is 0 Å². The average Bonchev–Trinajstić information content (AvgIpc) is 2.50. The monoisotopic (exact) mass is 303 g/mol. The number of carbonyl (C=O) groups excluding carboxylic acids is 2. The van der Waals surface area contributed by atoms with E-state index in [0.717, 1.165) is 0 Å². The number of amides is 2. The summed E-state index contributed by atoms with van der Waals surface area (Å²) in [6.45, 7) is 0. The Bertz CT molecular complexity index is 684. The normalized spacial score (nSPS) is 10.0. The molecular weight excluding hydrogens is 290 g/mol. The molecule has 0 aliphatic rings. The number of halogens is 1. The van der Waals surface area contributed by atoms with Gasteiger partial charge in [0.1, 0.15) is 0 Å². The molecule has 0 bridgehead atoms. The fraction of sp³-hybridized carbons (Fsp3) is 0.0667. The number of hydrogen-bond donors (Lipinski definition) is 3. The van der Waals surface area contributed by atoms with Crippen LogP contribution in [-0.4, -0.2) is 18.9 Å². The highest BCUT2D eigenvalue weighted by atomic mass is 35.5. The number of rotatable bonds is 3. The van der Waals surface area contributed by atoms with Crippen LogP contribution in [0.15, 0.2) is 42.5 Å². The maximum atomic E-state index is 12.1. The van der Waals surface area contributed by atoms with E-state index in [2.05, 4.69) is 10.6 Å². The predicted molar refractivity (Wildman–Crippen MR) is 83.6 cm³/mol. The van der Waals surface area contributed by atoms with Gasteiger partial charge in [-0.05, 0) is 36.4 Å². The van der Waals surface area contributed by atoms with Gasteiger partial charge in [0.15, 0.2) is 0 Å². The molecule has 2 amide bonds. The van der Waals surface area contributed by atoms with E-state index in [1.165, 1.54) is 0 Å². The summed E-state index contributed by atoms with van der Waals surface area (Å²) in [5, 5.41) is 5.56. The topological polar surface area (TPSA) is 84.2 Å². The number of nitrogen functional groups attached to an aromatic ring is 1. The van der Waals surface area contributed by atoms with Crippen molar-refractivity contribution in [3.8, 4) is 0 Å². The summed E-state index contributed by atoms with van der Waals surface area (Å²) in [5.74, 6) is -0.547. The van der Waals surface area contributed by atoms with E-state index in [9.17, 15) is 9.59 Å². The highest BCUT2D eigenvalue weighted by Crippen LogP contribution is 2.23. The fourth-order valence-corrected chi connectivity index (χ4v) is 1.96. The number of para-hydroxylation sites is 1. The van der Waals surface area contributed by atoms with E-state index in [4.69, 9.17) is 17.3 Å². The molecule has 5 nitrogen and oxygen atoms in total. The minimum absolute atomic E-state index is 0.188. The third-order valence-corrected chi connectivity index (χ3v) is 3.26. The molecule has 2 aromatic carbocycles. The van der Waals surface area contributed by atoms with Gasteiger partial charge in [-0.3, -0.25) is 9.59 Å². The van der Waals surface area contributed by atoms with Crippen LogP contribution >= 0.6 is 11.6 Å². The van der Waals surface area contributed by atoms with Crippen molar-refractivity contribution < 1.29 is 9.59 Å². The summed E-state index contributed by atoms with van der Waals surface area (Å²) in [6, 6.07) is 11.4. The molecule has 4 N–H and O–H groups in total. The third kappa shape index (κ3) is 3.32. The molecule has 0 heterocycles. The van der Waals surface area contributed by atoms with Crippen molar-refractivity contribution in [2.75, 3.05) is 18.1 Å². The number of hydrogen-bond acceptors (Lipinski definition) is 3. The van der Waals surface area contributed by atoms with Crippen LogP contribution in [0, 0.1) is 0 Å². The highest BCUT2D eigenvalue weighted by molar-refractivity contribution is 6.34. The minimum atomic E-state index is -0.359. The van der Waals surface area contributed by atoms with Crippen molar-refractivity contribution in [3.05, 3.63) is 58.6 Å². The van der Waals surface area contributed by atoms with Crippen molar-refractivity contribution in [1.82, 2.24) is 5.32 Å². The number of benzene rings is 2. The molecule has 0 radical (unpaired) electrons. The summed E-state index contributed by atoms with van der Waals surface area (Å²) in [7, 11) is 1.56. The molecule has 21 heavy (non-hydrogen) atoms. The Kier molecular flexibility index (Phi) is 4.45. The minimum Gasteiger partial charge on any atom is -0.397 e. The van der Waals surface area contributed by atoms with Gasteiger partial charge in [-0.25, -0.2) is 0 Å². The first-order chi connectivity index (χ1) is 10.0. The molecule has 0 fully saturated rings. The highest BCUT2D eigenvalue weighted by Gasteiger charge is 2.12. The number of nitrogens with two attached hydrogens (primary N) is 1.